The fourth-order valence-electron chi connectivity index (χ4n) is 3.64. The maximum Gasteiger partial charge on any atom is 0.234 e. The van der Waals surface area contributed by atoms with E-state index in [1.54, 1.807) is 0 Å². The first-order valence-electron chi connectivity index (χ1n) is 10.4. The van der Waals surface area contributed by atoms with E-state index in [1.807, 2.05) is 114 Å². The number of nitrogens with one attached hydrogen (secondary N) is 1. The van der Waals surface area contributed by atoms with Crippen LogP contribution in [0.25, 0.3) is 27.7 Å². The third kappa shape index (κ3) is 4.29. The van der Waals surface area contributed by atoms with Crippen LogP contribution in [0.1, 0.15) is 0 Å². The number of fused-ring (bicyclic) bond motifs is 1. The van der Waals surface area contributed by atoms with Crippen molar-refractivity contribution < 1.29 is 4.79 Å². The molecular weight excluding hydrogens is 414 g/mol. The van der Waals surface area contributed by atoms with Crippen molar-refractivity contribution >= 4 is 34.1 Å². The summed E-state index contributed by atoms with van der Waals surface area (Å²) in [4.78, 5) is 17.6. The van der Waals surface area contributed by atoms with Crippen LogP contribution in [0.2, 0.25) is 0 Å². The fraction of sp³-hybridized carbons (Fsp3) is 0.0370. The maximum absolute atomic E-state index is 12.8. The van der Waals surface area contributed by atoms with Crippen LogP contribution in [0.5, 0.6) is 0 Å². The highest BCUT2D eigenvalue weighted by atomic mass is 32.2. The smallest absolute Gasteiger partial charge is 0.234 e. The van der Waals surface area contributed by atoms with Crippen LogP contribution in [-0.2, 0) is 4.79 Å². The second kappa shape index (κ2) is 9.12. The Hall–Kier alpha value is -3.83. The predicted molar refractivity (Wildman–Crippen MR) is 132 cm³/mol. The molecule has 0 fully saturated rings. The van der Waals surface area contributed by atoms with E-state index in [9.17, 15) is 4.79 Å². The zero-order valence-electron chi connectivity index (χ0n) is 17.3. The van der Waals surface area contributed by atoms with Gasteiger partial charge in [-0.05, 0) is 23.6 Å². The SMILES string of the molecule is O=C(CSc1nc(-c2ccccc2)cn1-c1ccccc1)Nc1cccc2ccccc12. The molecule has 32 heavy (non-hydrogen) atoms. The van der Waals surface area contributed by atoms with Crippen molar-refractivity contribution in [2.24, 2.45) is 0 Å². The first-order valence-corrected chi connectivity index (χ1v) is 11.4. The molecule has 156 valence electrons. The average molecular weight is 436 g/mol. The molecule has 0 unspecified atom stereocenters. The zero-order valence-corrected chi connectivity index (χ0v) is 18.1. The van der Waals surface area contributed by atoms with Crippen LogP contribution in [0.15, 0.2) is 114 Å². The number of hydrogen-bond acceptors (Lipinski definition) is 3. The summed E-state index contributed by atoms with van der Waals surface area (Å²) in [6, 6.07) is 34.1. The zero-order chi connectivity index (χ0) is 21.8. The number of amides is 1. The number of hydrogen-bond donors (Lipinski definition) is 1. The van der Waals surface area contributed by atoms with Gasteiger partial charge in [-0.3, -0.25) is 9.36 Å². The molecule has 0 radical (unpaired) electrons. The third-order valence-electron chi connectivity index (χ3n) is 5.17. The topological polar surface area (TPSA) is 46.9 Å². The first-order chi connectivity index (χ1) is 15.8. The first kappa shape index (κ1) is 20.1. The quantitative estimate of drug-likeness (QED) is 0.313. The third-order valence-corrected chi connectivity index (χ3v) is 6.13. The molecule has 0 saturated heterocycles. The Morgan fingerprint density at radius 3 is 2.31 bits per heavy atom. The summed E-state index contributed by atoms with van der Waals surface area (Å²) >= 11 is 1.43. The molecule has 0 saturated carbocycles. The highest BCUT2D eigenvalue weighted by molar-refractivity contribution is 7.99. The fourth-order valence-corrected chi connectivity index (χ4v) is 4.43. The number of nitrogens with zero attached hydrogens (tertiary/aromatic N) is 2. The monoisotopic (exact) mass is 435 g/mol. The Morgan fingerprint density at radius 2 is 1.50 bits per heavy atom. The average Bonchev–Trinajstić information content (AvgIpc) is 3.28. The molecule has 5 heteroatoms. The summed E-state index contributed by atoms with van der Waals surface area (Å²) in [5.41, 5.74) is 3.76. The van der Waals surface area contributed by atoms with Gasteiger partial charge in [-0.2, -0.15) is 0 Å². The summed E-state index contributed by atoms with van der Waals surface area (Å²) in [5, 5.41) is 5.97. The minimum Gasteiger partial charge on any atom is -0.325 e. The largest absolute Gasteiger partial charge is 0.325 e. The Balaban J connectivity index is 1.38. The Labute approximate surface area is 190 Å². The summed E-state index contributed by atoms with van der Waals surface area (Å²) < 4.78 is 2.04. The van der Waals surface area contributed by atoms with E-state index < -0.39 is 0 Å². The number of carbonyl (C=O) groups is 1. The molecule has 0 aliphatic carbocycles. The van der Waals surface area contributed by atoms with Crippen molar-refractivity contribution in [1.29, 1.82) is 0 Å². The molecule has 0 bridgehead atoms. The van der Waals surface area contributed by atoms with Crippen molar-refractivity contribution in [3.05, 3.63) is 109 Å². The Bertz CT molecular complexity index is 1360. The minimum atomic E-state index is -0.0600. The Kier molecular flexibility index (Phi) is 5.73. The number of benzene rings is 4. The number of anilines is 1. The van der Waals surface area contributed by atoms with E-state index in [1.165, 1.54) is 11.8 Å². The number of para-hydroxylation sites is 1. The molecule has 5 aromatic rings. The summed E-state index contributed by atoms with van der Waals surface area (Å²) in [6.45, 7) is 0. The van der Waals surface area contributed by atoms with Crippen LogP contribution in [0.3, 0.4) is 0 Å². The molecule has 0 atom stereocenters. The molecule has 1 heterocycles. The Morgan fingerprint density at radius 1 is 0.812 bits per heavy atom. The molecule has 1 amide bonds. The maximum atomic E-state index is 12.8. The number of aromatic nitrogens is 2. The van der Waals surface area contributed by atoms with Gasteiger partial charge in [0.15, 0.2) is 5.16 Å². The number of thioether (sulfide) groups is 1. The lowest BCUT2D eigenvalue weighted by atomic mass is 10.1. The van der Waals surface area contributed by atoms with Gasteiger partial charge in [0.2, 0.25) is 5.91 Å². The van der Waals surface area contributed by atoms with Crippen LogP contribution in [0, 0.1) is 0 Å². The van der Waals surface area contributed by atoms with Crippen LogP contribution in [0.4, 0.5) is 5.69 Å². The predicted octanol–water partition coefficient (Wildman–Crippen LogP) is 6.42. The number of imidazole rings is 1. The van der Waals surface area contributed by atoms with Crippen LogP contribution in [-0.4, -0.2) is 21.2 Å². The summed E-state index contributed by atoms with van der Waals surface area (Å²) in [7, 11) is 0. The summed E-state index contributed by atoms with van der Waals surface area (Å²) in [5.74, 6) is 0.205. The molecular formula is C27H21N3OS. The van der Waals surface area contributed by atoms with Crippen LogP contribution < -0.4 is 5.32 Å². The molecule has 0 aliphatic rings. The van der Waals surface area contributed by atoms with E-state index >= 15 is 0 Å². The highest BCUT2D eigenvalue weighted by Gasteiger charge is 2.14. The van der Waals surface area contributed by atoms with Crippen molar-refractivity contribution in [3.63, 3.8) is 0 Å². The van der Waals surface area contributed by atoms with E-state index in [4.69, 9.17) is 4.98 Å². The van der Waals surface area contributed by atoms with Gasteiger partial charge in [-0.25, -0.2) is 4.98 Å². The highest BCUT2D eigenvalue weighted by Crippen LogP contribution is 2.28. The van der Waals surface area contributed by atoms with E-state index in [0.717, 1.165) is 38.6 Å². The second-order valence-electron chi connectivity index (χ2n) is 7.34. The molecule has 4 nitrogen and oxygen atoms in total. The van der Waals surface area contributed by atoms with Crippen molar-refractivity contribution in [2.75, 3.05) is 11.1 Å². The molecule has 5 rings (SSSR count). The lowest BCUT2D eigenvalue weighted by molar-refractivity contribution is -0.113. The molecule has 0 spiro atoms. The molecule has 1 N–H and O–H groups in total. The number of carbonyl (C=O) groups excluding carboxylic acids is 1. The van der Waals surface area contributed by atoms with Gasteiger partial charge < -0.3 is 5.32 Å². The molecule has 1 aromatic heterocycles. The van der Waals surface area contributed by atoms with Gasteiger partial charge in [0, 0.05) is 28.5 Å². The van der Waals surface area contributed by atoms with Gasteiger partial charge in [0.1, 0.15) is 0 Å². The van der Waals surface area contributed by atoms with Gasteiger partial charge in [-0.1, -0.05) is 96.7 Å². The van der Waals surface area contributed by atoms with Gasteiger partial charge in [-0.15, -0.1) is 0 Å². The van der Waals surface area contributed by atoms with Gasteiger partial charge >= 0.3 is 0 Å². The lowest BCUT2D eigenvalue weighted by Crippen LogP contribution is -2.14. The molecule has 0 aliphatic heterocycles. The van der Waals surface area contributed by atoms with Crippen molar-refractivity contribution in [2.45, 2.75) is 5.16 Å². The van der Waals surface area contributed by atoms with Gasteiger partial charge in [0.25, 0.3) is 0 Å². The normalized spacial score (nSPS) is 10.9. The number of rotatable bonds is 6. The second-order valence-corrected chi connectivity index (χ2v) is 8.29. The van der Waals surface area contributed by atoms with E-state index in [0.29, 0.717) is 0 Å². The van der Waals surface area contributed by atoms with Gasteiger partial charge in [0.05, 0.1) is 11.4 Å². The lowest BCUT2D eigenvalue weighted by Gasteiger charge is -2.09. The van der Waals surface area contributed by atoms with E-state index in [-0.39, 0.29) is 11.7 Å². The minimum absolute atomic E-state index is 0.0600. The van der Waals surface area contributed by atoms with E-state index in [2.05, 4.69) is 5.32 Å². The standard InChI is InChI=1S/C27H21N3OS/c31-26(28-24-17-9-13-20-10-7-8-16-23(20)24)19-32-27-29-25(21-11-3-1-4-12-21)18-30(27)22-14-5-2-6-15-22/h1-18H,19H2,(H,28,31). The summed E-state index contributed by atoms with van der Waals surface area (Å²) in [6.07, 6.45) is 2.02. The molecule has 4 aromatic carbocycles. The van der Waals surface area contributed by atoms with Crippen molar-refractivity contribution in [3.8, 4) is 16.9 Å². The van der Waals surface area contributed by atoms with Crippen molar-refractivity contribution in [1.82, 2.24) is 9.55 Å². The van der Waals surface area contributed by atoms with Crippen LogP contribution >= 0.6 is 11.8 Å².